The van der Waals surface area contributed by atoms with Crippen LogP contribution in [0.3, 0.4) is 0 Å². The number of carbonyl (C=O) groups excluding carboxylic acids is 2. The molecular formula is C26H35N3O3. The number of benzene rings is 1. The Morgan fingerprint density at radius 3 is 2.41 bits per heavy atom. The lowest BCUT2D eigenvalue weighted by Gasteiger charge is -2.36. The van der Waals surface area contributed by atoms with Gasteiger partial charge >= 0.3 is 6.09 Å². The minimum Gasteiger partial charge on any atom is -0.444 e. The molecule has 0 N–H and O–H groups in total. The largest absolute Gasteiger partial charge is 0.444 e. The van der Waals surface area contributed by atoms with E-state index in [0.717, 1.165) is 30.4 Å². The van der Waals surface area contributed by atoms with Crippen molar-refractivity contribution in [2.24, 2.45) is 5.92 Å². The van der Waals surface area contributed by atoms with Gasteiger partial charge in [-0.15, -0.1) is 0 Å². The second-order valence-corrected chi connectivity index (χ2v) is 9.49. The van der Waals surface area contributed by atoms with Gasteiger partial charge in [-0.2, -0.15) is 0 Å². The van der Waals surface area contributed by atoms with E-state index < -0.39 is 5.60 Å². The molecule has 1 aromatic carbocycles. The molecule has 0 aliphatic carbocycles. The highest BCUT2D eigenvalue weighted by molar-refractivity contribution is 5.80. The molecule has 0 bridgehead atoms. The maximum atomic E-state index is 13.6. The second kappa shape index (κ2) is 10.6. The van der Waals surface area contributed by atoms with Gasteiger partial charge in [-0.1, -0.05) is 37.3 Å². The van der Waals surface area contributed by atoms with E-state index in [9.17, 15) is 9.59 Å². The Labute approximate surface area is 191 Å². The number of carbonyl (C=O) groups is 2. The van der Waals surface area contributed by atoms with Crippen LogP contribution >= 0.6 is 0 Å². The summed E-state index contributed by atoms with van der Waals surface area (Å²) < 4.78 is 5.53. The van der Waals surface area contributed by atoms with E-state index in [1.807, 2.05) is 37.8 Å². The van der Waals surface area contributed by atoms with Crippen molar-refractivity contribution in [3.63, 3.8) is 0 Å². The van der Waals surface area contributed by atoms with Crippen LogP contribution in [0.2, 0.25) is 0 Å². The van der Waals surface area contributed by atoms with E-state index in [1.54, 1.807) is 17.3 Å². The van der Waals surface area contributed by atoms with Crippen LogP contribution in [0.25, 0.3) is 0 Å². The Hall–Kier alpha value is -2.89. The van der Waals surface area contributed by atoms with Crippen LogP contribution in [0.1, 0.15) is 57.2 Å². The molecule has 1 fully saturated rings. The van der Waals surface area contributed by atoms with Crippen LogP contribution in [0.4, 0.5) is 4.79 Å². The van der Waals surface area contributed by atoms with Crippen LogP contribution in [0.5, 0.6) is 0 Å². The number of amides is 2. The van der Waals surface area contributed by atoms with Gasteiger partial charge in [-0.05, 0) is 62.8 Å². The number of nitrogens with zero attached hydrogens (tertiary/aromatic N) is 3. The molecule has 1 atom stereocenters. The quantitative estimate of drug-likeness (QED) is 0.650. The van der Waals surface area contributed by atoms with Crippen molar-refractivity contribution in [2.45, 2.75) is 65.6 Å². The molecule has 1 unspecified atom stereocenters. The van der Waals surface area contributed by atoms with Crippen LogP contribution in [-0.4, -0.2) is 45.5 Å². The molecule has 172 valence electrons. The summed E-state index contributed by atoms with van der Waals surface area (Å²) in [4.78, 5) is 33.9. The average molecular weight is 438 g/mol. The van der Waals surface area contributed by atoms with Crippen molar-refractivity contribution in [3.05, 3.63) is 65.5 Å². The van der Waals surface area contributed by atoms with Crippen LogP contribution in [0, 0.1) is 5.92 Å². The molecule has 0 saturated carbocycles. The molecule has 2 aromatic rings. The van der Waals surface area contributed by atoms with Gasteiger partial charge in [0.05, 0.1) is 5.92 Å². The highest BCUT2D eigenvalue weighted by atomic mass is 16.6. The number of rotatable bonds is 6. The average Bonchev–Trinajstić information content (AvgIpc) is 2.78. The number of aryl methyl sites for hydroxylation is 1. The first-order chi connectivity index (χ1) is 15.2. The zero-order chi connectivity index (χ0) is 23.1. The van der Waals surface area contributed by atoms with Crippen molar-refractivity contribution in [2.75, 3.05) is 13.1 Å². The topological polar surface area (TPSA) is 62.7 Å². The Bertz CT molecular complexity index is 891. The first-order valence-corrected chi connectivity index (χ1v) is 11.5. The number of aromatic nitrogens is 1. The Kier molecular flexibility index (Phi) is 7.89. The Morgan fingerprint density at radius 1 is 1.09 bits per heavy atom. The SMILES string of the molecule is CCc1ccc(CN(Cc2cccnc2)C(=O)C2CCCN(C(=O)OC(C)(C)C)C2)cc1. The van der Waals surface area contributed by atoms with Crippen molar-refractivity contribution in [3.8, 4) is 0 Å². The molecule has 2 amide bonds. The summed E-state index contributed by atoms with van der Waals surface area (Å²) in [7, 11) is 0. The van der Waals surface area contributed by atoms with Gasteiger partial charge in [0.15, 0.2) is 0 Å². The molecule has 1 saturated heterocycles. The van der Waals surface area contributed by atoms with Gasteiger partial charge < -0.3 is 14.5 Å². The molecule has 1 aromatic heterocycles. The summed E-state index contributed by atoms with van der Waals surface area (Å²) in [6.07, 6.45) is 5.75. The first kappa shape index (κ1) is 23.8. The van der Waals surface area contributed by atoms with Gasteiger partial charge in [-0.3, -0.25) is 9.78 Å². The highest BCUT2D eigenvalue weighted by Crippen LogP contribution is 2.23. The lowest BCUT2D eigenvalue weighted by atomic mass is 9.96. The minimum absolute atomic E-state index is 0.0710. The molecule has 0 radical (unpaired) electrons. The zero-order valence-corrected chi connectivity index (χ0v) is 19.7. The predicted octanol–water partition coefficient (Wildman–Crippen LogP) is 4.82. The molecule has 2 heterocycles. The Morgan fingerprint density at radius 2 is 1.78 bits per heavy atom. The fourth-order valence-electron chi connectivity index (χ4n) is 3.95. The number of piperidine rings is 1. The minimum atomic E-state index is -0.551. The predicted molar refractivity (Wildman–Crippen MR) is 125 cm³/mol. The van der Waals surface area contributed by atoms with Gasteiger partial charge in [0.2, 0.25) is 5.91 Å². The number of hydrogen-bond donors (Lipinski definition) is 0. The van der Waals surface area contributed by atoms with Gasteiger partial charge in [0, 0.05) is 38.6 Å². The van der Waals surface area contributed by atoms with E-state index in [-0.39, 0.29) is 17.9 Å². The number of ether oxygens (including phenoxy) is 1. The third-order valence-corrected chi connectivity index (χ3v) is 5.63. The molecule has 1 aliphatic rings. The first-order valence-electron chi connectivity index (χ1n) is 11.5. The smallest absolute Gasteiger partial charge is 0.410 e. The van der Waals surface area contributed by atoms with E-state index in [2.05, 4.69) is 36.2 Å². The molecule has 0 spiro atoms. The maximum absolute atomic E-state index is 13.6. The van der Waals surface area contributed by atoms with Gasteiger partial charge in [-0.25, -0.2) is 4.79 Å². The van der Waals surface area contributed by atoms with E-state index in [4.69, 9.17) is 4.74 Å². The Balaban J connectivity index is 1.75. The monoisotopic (exact) mass is 437 g/mol. The third kappa shape index (κ3) is 6.81. The fourth-order valence-corrected chi connectivity index (χ4v) is 3.95. The summed E-state index contributed by atoms with van der Waals surface area (Å²) >= 11 is 0. The number of likely N-dealkylation sites (tertiary alicyclic amines) is 1. The molecule has 32 heavy (non-hydrogen) atoms. The lowest BCUT2D eigenvalue weighted by molar-refractivity contribution is -0.138. The van der Waals surface area contributed by atoms with Crippen molar-refractivity contribution in [1.82, 2.24) is 14.8 Å². The zero-order valence-electron chi connectivity index (χ0n) is 19.7. The second-order valence-electron chi connectivity index (χ2n) is 9.49. The van der Waals surface area contributed by atoms with Crippen LogP contribution in [-0.2, 0) is 29.0 Å². The van der Waals surface area contributed by atoms with Crippen molar-refractivity contribution >= 4 is 12.0 Å². The van der Waals surface area contributed by atoms with E-state index in [1.165, 1.54) is 5.56 Å². The normalized spacial score (nSPS) is 16.5. The van der Waals surface area contributed by atoms with Gasteiger partial charge in [0.1, 0.15) is 5.60 Å². The fraction of sp³-hybridized carbons (Fsp3) is 0.500. The third-order valence-electron chi connectivity index (χ3n) is 5.63. The summed E-state index contributed by atoms with van der Waals surface area (Å²) in [5, 5.41) is 0. The number of pyridine rings is 1. The maximum Gasteiger partial charge on any atom is 0.410 e. The molecule has 6 heteroatoms. The number of hydrogen-bond acceptors (Lipinski definition) is 4. The van der Waals surface area contributed by atoms with Crippen molar-refractivity contribution < 1.29 is 14.3 Å². The lowest BCUT2D eigenvalue weighted by Crippen LogP contribution is -2.47. The highest BCUT2D eigenvalue weighted by Gasteiger charge is 2.33. The van der Waals surface area contributed by atoms with Crippen LogP contribution in [0.15, 0.2) is 48.8 Å². The summed E-state index contributed by atoms with van der Waals surface area (Å²) in [6.45, 7) is 9.75. The molecule has 3 rings (SSSR count). The van der Waals surface area contributed by atoms with Crippen molar-refractivity contribution in [1.29, 1.82) is 0 Å². The standard InChI is InChI=1S/C26H35N3O3/c1-5-20-10-12-21(13-11-20)17-29(18-22-8-6-14-27-16-22)24(30)23-9-7-15-28(19-23)25(31)32-26(2,3)4/h6,8,10-14,16,23H,5,7,9,15,17-19H2,1-4H3. The summed E-state index contributed by atoms with van der Waals surface area (Å²) in [5.74, 6) is -0.162. The summed E-state index contributed by atoms with van der Waals surface area (Å²) in [6, 6.07) is 12.3. The molecule has 6 nitrogen and oxygen atoms in total. The molecular weight excluding hydrogens is 402 g/mol. The van der Waals surface area contributed by atoms with E-state index >= 15 is 0 Å². The summed E-state index contributed by atoms with van der Waals surface area (Å²) in [5.41, 5.74) is 2.81. The molecule has 1 aliphatic heterocycles. The van der Waals surface area contributed by atoms with Gasteiger partial charge in [0.25, 0.3) is 0 Å². The van der Waals surface area contributed by atoms with E-state index in [0.29, 0.717) is 26.2 Å². The van der Waals surface area contributed by atoms with Crippen LogP contribution < -0.4 is 0 Å².